The minimum Gasteiger partial charge on any atom is -0.365 e. The van der Waals surface area contributed by atoms with E-state index in [1.807, 2.05) is 36.1 Å². The average Bonchev–Trinajstić information content (AvgIpc) is 2.85. The summed E-state index contributed by atoms with van der Waals surface area (Å²) in [4.78, 5) is 37.7. The highest BCUT2D eigenvalue weighted by Gasteiger charge is 2.34. The number of amides is 1. The molecule has 0 radical (unpaired) electrons. The number of ketones is 1. The number of nitrogens with zero attached hydrogens (tertiary/aromatic N) is 4. The molecule has 1 aliphatic heterocycles. The number of hydrogen-bond acceptors (Lipinski definition) is 6. The standard InChI is InChI=1S/C25H24Cl2N4O3S/c1-16-17(2)31(11-10-30(16)20-5-3-4-19(26)13-20)25(33)18-6-7-24(21(27)12-18)35(34)14-23(32)22-8-9-28-15-29-22/h3-9,12-13,15-17H,10-11,14H2,1-2H3/t16-,17-,35?/m0/s1. The van der Waals surface area contributed by atoms with Gasteiger partial charge in [0.2, 0.25) is 0 Å². The number of halogens is 2. The first-order valence-electron chi connectivity index (χ1n) is 11.1. The van der Waals surface area contributed by atoms with E-state index < -0.39 is 10.8 Å². The quantitative estimate of drug-likeness (QED) is 0.436. The number of hydrogen-bond donors (Lipinski definition) is 0. The minimum absolute atomic E-state index is 0.0618. The highest BCUT2D eigenvalue weighted by Crippen LogP contribution is 2.29. The number of anilines is 1. The molecule has 0 aliphatic carbocycles. The maximum absolute atomic E-state index is 13.3. The summed E-state index contributed by atoms with van der Waals surface area (Å²) in [7, 11) is -1.68. The molecule has 3 atom stereocenters. The van der Waals surface area contributed by atoms with E-state index in [-0.39, 0.29) is 40.2 Å². The Labute approximate surface area is 216 Å². The molecule has 0 N–H and O–H groups in total. The van der Waals surface area contributed by atoms with Crippen molar-refractivity contribution in [1.82, 2.24) is 14.9 Å². The van der Waals surface area contributed by atoms with Crippen molar-refractivity contribution in [2.45, 2.75) is 30.8 Å². The Bertz CT molecular complexity index is 1270. The molecule has 35 heavy (non-hydrogen) atoms. The van der Waals surface area contributed by atoms with Gasteiger partial charge in [-0.05, 0) is 56.3 Å². The van der Waals surface area contributed by atoms with E-state index in [9.17, 15) is 13.8 Å². The molecule has 1 unspecified atom stereocenters. The van der Waals surface area contributed by atoms with Crippen LogP contribution in [-0.2, 0) is 10.8 Å². The average molecular weight is 531 g/mol. The highest BCUT2D eigenvalue weighted by molar-refractivity contribution is 7.86. The fourth-order valence-electron chi connectivity index (χ4n) is 4.16. The van der Waals surface area contributed by atoms with Gasteiger partial charge in [-0.25, -0.2) is 9.97 Å². The first kappa shape index (κ1) is 25.3. The van der Waals surface area contributed by atoms with Crippen molar-refractivity contribution in [2.24, 2.45) is 0 Å². The summed E-state index contributed by atoms with van der Waals surface area (Å²) in [6.45, 7) is 5.30. The van der Waals surface area contributed by atoms with E-state index in [4.69, 9.17) is 23.2 Å². The van der Waals surface area contributed by atoms with Crippen LogP contribution in [0.15, 0.2) is 66.0 Å². The molecule has 0 spiro atoms. The van der Waals surface area contributed by atoms with Gasteiger partial charge in [0.25, 0.3) is 5.91 Å². The van der Waals surface area contributed by atoms with Crippen molar-refractivity contribution in [1.29, 1.82) is 0 Å². The number of Topliss-reactive ketones (excluding diaryl/α,β-unsaturated/α-hetero) is 1. The van der Waals surface area contributed by atoms with Crippen molar-refractivity contribution < 1.29 is 13.8 Å². The van der Waals surface area contributed by atoms with Crippen molar-refractivity contribution in [3.63, 3.8) is 0 Å². The second kappa shape index (κ2) is 10.8. The van der Waals surface area contributed by atoms with Gasteiger partial charge in [0.15, 0.2) is 5.78 Å². The number of carbonyl (C=O) groups is 2. The van der Waals surface area contributed by atoms with Crippen LogP contribution in [0, 0.1) is 0 Å². The molecule has 3 aromatic rings. The van der Waals surface area contributed by atoms with Gasteiger partial charge in [-0.15, -0.1) is 0 Å². The molecule has 1 aromatic heterocycles. The van der Waals surface area contributed by atoms with Crippen LogP contribution in [-0.4, -0.2) is 61.7 Å². The molecule has 1 amide bonds. The van der Waals surface area contributed by atoms with Gasteiger partial charge in [-0.2, -0.15) is 0 Å². The van der Waals surface area contributed by atoms with E-state index in [1.165, 1.54) is 24.7 Å². The Balaban J connectivity index is 1.46. The molecule has 4 rings (SSSR count). The molecular weight excluding hydrogens is 507 g/mol. The van der Waals surface area contributed by atoms with Crippen LogP contribution >= 0.6 is 23.2 Å². The summed E-state index contributed by atoms with van der Waals surface area (Å²) in [5, 5.41) is 0.856. The normalized spacial score (nSPS) is 18.9. The lowest BCUT2D eigenvalue weighted by Crippen LogP contribution is -2.59. The molecule has 1 saturated heterocycles. The van der Waals surface area contributed by atoms with E-state index >= 15 is 0 Å². The SMILES string of the molecule is C[C@H]1[C@H](C)N(c2cccc(Cl)c2)CCN1C(=O)c1ccc(S(=O)CC(=O)c2ccncn2)c(Cl)c1. The van der Waals surface area contributed by atoms with Gasteiger partial charge >= 0.3 is 0 Å². The summed E-state index contributed by atoms with van der Waals surface area (Å²) in [6, 6.07) is 13.9. The maximum atomic E-state index is 13.3. The van der Waals surface area contributed by atoms with Gasteiger partial charge in [0.05, 0.1) is 26.5 Å². The summed E-state index contributed by atoms with van der Waals surface area (Å²) < 4.78 is 12.8. The topological polar surface area (TPSA) is 83.5 Å². The van der Waals surface area contributed by atoms with E-state index in [2.05, 4.69) is 21.8 Å². The van der Waals surface area contributed by atoms with Crippen LogP contribution < -0.4 is 4.90 Å². The van der Waals surface area contributed by atoms with E-state index in [1.54, 1.807) is 12.1 Å². The first-order valence-corrected chi connectivity index (χ1v) is 13.1. The molecule has 7 nitrogen and oxygen atoms in total. The smallest absolute Gasteiger partial charge is 0.254 e. The van der Waals surface area contributed by atoms with Crippen molar-refractivity contribution in [3.05, 3.63) is 82.4 Å². The second-order valence-corrected chi connectivity index (χ2v) is 10.6. The lowest BCUT2D eigenvalue weighted by molar-refractivity contribution is 0.0634. The zero-order valence-electron chi connectivity index (χ0n) is 19.2. The van der Waals surface area contributed by atoms with Crippen molar-refractivity contribution >= 4 is 51.4 Å². The lowest BCUT2D eigenvalue weighted by Gasteiger charge is -2.46. The third kappa shape index (κ3) is 5.55. The Morgan fingerprint density at radius 2 is 1.86 bits per heavy atom. The Kier molecular flexibility index (Phi) is 7.84. The third-order valence-electron chi connectivity index (χ3n) is 6.22. The molecule has 2 aromatic carbocycles. The number of aromatic nitrogens is 2. The summed E-state index contributed by atoms with van der Waals surface area (Å²) >= 11 is 12.6. The fourth-order valence-corrected chi connectivity index (χ4v) is 5.82. The number of rotatable bonds is 6. The molecule has 2 heterocycles. The first-order chi connectivity index (χ1) is 16.8. The maximum Gasteiger partial charge on any atom is 0.254 e. The minimum atomic E-state index is -1.68. The molecule has 10 heteroatoms. The monoisotopic (exact) mass is 530 g/mol. The lowest BCUT2D eigenvalue weighted by atomic mass is 10.0. The predicted molar refractivity (Wildman–Crippen MR) is 138 cm³/mol. The largest absolute Gasteiger partial charge is 0.365 e. The Hall–Kier alpha value is -2.81. The molecule has 1 fully saturated rings. The van der Waals surface area contributed by atoms with E-state index in [0.717, 1.165) is 5.69 Å². The Morgan fingerprint density at radius 1 is 1.06 bits per heavy atom. The van der Waals surface area contributed by atoms with E-state index in [0.29, 0.717) is 28.6 Å². The fraction of sp³-hybridized carbons (Fsp3) is 0.280. The van der Waals surface area contributed by atoms with Gasteiger partial charge in [-0.3, -0.25) is 13.8 Å². The van der Waals surface area contributed by atoms with Gasteiger partial charge in [0.1, 0.15) is 12.0 Å². The van der Waals surface area contributed by atoms with Crippen LogP contribution in [0.1, 0.15) is 34.7 Å². The van der Waals surface area contributed by atoms with Crippen LogP contribution in [0.25, 0.3) is 0 Å². The van der Waals surface area contributed by atoms with Crippen LogP contribution in [0.3, 0.4) is 0 Å². The second-order valence-electron chi connectivity index (χ2n) is 8.31. The summed E-state index contributed by atoms with van der Waals surface area (Å²) in [5.74, 6) is -0.780. The zero-order chi connectivity index (χ0) is 25.1. The summed E-state index contributed by atoms with van der Waals surface area (Å²) in [5.41, 5.74) is 1.62. The van der Waals surface area contributed by atoms with Gasteiger partial charge in [0, 0.05) is 47.6 Å². The molecule has 1 aliphatic rings. The van der Waals surface area contributed by atoms with Crippen LogP contribution in [0.4, 0.5) is 5.69 Å². The number of benzene rings is 2. The Morgan fingerprint density at radius 3 is 2.54 bits per heavy atom. The molecule has 0 bridgehead atoms. The molecular formula is C25H24Cl2N4O3S. The molecule has 0 saturated carbocycles. The summed E-state index contributed by atoms with van der Waals surface area (Å²) in [6.07, 6.45) is 2.72. The number of piperazine rings is 1. The van der Waals surface area contributed by atoms with Crippen molar-refractivity contribution in [2.75, 3.05) is 23.7 Å². The molecule has 182 valence electrons. The highest BCUT2D eigenvalue weighted by atomic mass is 35.5. The zero-order valence-corrected chi connectivity index (χ0v) is 21.6. The van der Waals surface area contributed by atoms with Crippen LogP contribution in [0.5, 0.6) is 0 Å². The van der Waals surface area contributed by atoms with Crippen molar-refractivity contribution in [3.8, 4) is 0 Å². The van der Waals surface area contributed by atoms with Gasteiger partial charge in [-0.1, -0.05) is 29.3 Å². The third-order valence-corrected chi connectivity index (χ3v) is 8.25. The predicted octanol–water partition coefficient (Wildman–Crippen LogP) is 4.51. The number of carbonyl (C=O) groups excluding carboxylic acids is 2. The van der Waals surface area contributed by atoms with Crippen LogP contribution in [0.2, 0.25) is 10.0 Å². The van der Waals surface area contributed by atoms with Gasteiger partial charge < -0.3 is 9.80 Å².